The van der Waals surface area contributed by atoms with Crippen LogP contribution in [0.25, 0.3) is 22.1 Å². The first kappa shape index (κ1) is 18.1. The number of fused-ring (bicyclic) bond motifs is 3. The quantitative estimate of drug-likeness (QED) is 0.388. The number of nitrogens with one attached hydrogen (secondary N) is 1. The molecule has 0 atom stereocenters. The van der Waals surface area contributed by atoms with Gasteiger partial charge in [0, 0.05) is 11.5 Å². The number of rotatable bonds is 6. The summed E-state index contributed by atoms with van der Waals surface area (Å²) < 4.78 is 16.4. The van der Waals surface area contributed by atoms with E-state index in [1.807, 2.05) is 24.3 Å². The second kappa shape index (κ2) is 7.77. The zero-order valence-corrected chi connectivity index (χ0v) is 16.1. The molecule has 0 fully saturated rings. The summed E-state index contributed by atoms with van der Waals surface area (Å²) in [7, 11) is 3.11. The van der Waals surface area contributed by atoms with Gasteiger partial charge in [0.2, 0.25) is 5.91 Å². The lowest BCUT2D eigenvalue weighted by Crippen LogP contribution is -2.14. The van der Waals surface area contributed by atoms with E-state index >= 15 is 0 Å². The summed E-state index contributed by atoms with van der Waals surface area (Å²) in [6.45, 7) is 0. The Kier molecular flexibility index (Phi) is 5.03. The molecule has 4 rings (SSSR count). The monoisotopic (exact) mass is 395 g/mol. The highest BCUT2D eigenvalue weighted by atomic mass is 32.2. The van der Waals surface area contributed by atoms with Gasteiger partial charge in [0.25, 0.3) is 0 Å². The fourth-order valence-electron chi connectivity index (χ4n) is 2.83. The minimum absolute atomic E-state index is 0.165. The minimum Gasteiger partial charge on any atom is -0.497 e. The zero-order valence-electron chi connectivity index (χ0n) is 15.3. The van der Waals surface area contributed by atoms with Gasteiger partial charge in [-0.1, -0.05) is 23.9 Å². The molecule has 1 N–H and O–H groups in total. The van der Waals surface area contributed by atoms with Gasteiger partial charge in [-0.2, -0.15) is 0 Å². The van der Waals surface area contributed by atoms with E-state index in [4.69, 9.17) is 13.9 Å². The third-order valence-electron chi connectivity index (χ3n) is 4.15. The molecule has 0 aliphatic rings. The Morgan fingerprint density at radius 3 is 2.82 bits per heavy atom. The first-order valence-electron chi connectivity index (χ1n) is 8.46. The van der Waals surface area contributed by atoms with Crippen LogP contribution in [-0.2, 0) is 4.79 Å². The molecule has 7 nitrogen and oxygen atoms in total. The maximum absolute atomic E-state index is 12.4. The standard InChI is InChI=1S/C20H17N3O4S/c1-25-12-7-8-14(16(9-12)26-2)23-17(24)10-28-20-19-18(21-11-22-20)13-5-3-4-6-15(13)27-19/h3-9,11H,10H2,1-2H3,(H,23,24). The fourth-order valence-corrected chi connectivity index (χ4v) is 3.56. The number of benzene rings is 2. The van der Waals surface area contributed by atoms with Gasteiger partial charge in [-0.25, -0.2) is 9.97 Å². The number of furan rings is 1. The molecule has 142 valence electrons. The lowest BCUT2D eigenvalue weighted by Gasteiger charge is -2.11. The van der Waals surface area contributed by atoms with Crippen molar-refractivity contribution < 1.29 is 18.7 Å². The van der Waals surface area contributed by atoms with Crippen molar-refractivity contribution in [2.75, 3.05) is 25.3 Å². The molecule has 0 saturated heterocycles. The van der Waals surface area contributed by atoms with E-state index in [9.17, 15) is 4.79 Å². The van der Waals surface area contributed by atoms with Crippen LogP contribution in [0.15, 0.2) is 58.2 Å². The minimum atomic E-state index is -0.184. The van der Waals surface area contributed by atoms with Crippen molar-refractivity contribution in [3.05, 3.63) is 48.8 Å². The molecule has 0 aliphatic heterocycles. The maximum Gasteiger partial charge on any atom is 0.234 e. The normalized spacial score (nSPS) is 10.9. The highest BCUT2D eigenvalue weighted by Crippen LogP contribution is 2.33. The highest BCUT2D eigenvalue weighted by Gasteiger charge is 2.15. The van der Waals surface area contributed by atoms with Crippen LogP contribution in [0.1, 0.15) is 0 Å². The number of ether oxygens (including phenoxy) is 2. The molecule has 0 radical (unpaired) electrons. The molecule has 8 heteroatoms. The summed E-state index contributed by atoms with van der Waals surface area (Å²) in [6, 6.07) is 12.9. The van der Waals surface area contributed by atoms with Gasteiger partial charge in [-0.05, 0) is 24.3 Å². The number of carbonyl (C=O) groups excluding carboxylic acids is 1. The molecular formula is C20H17N3O4S. The summed E-state index contributed by atoms with van der Waals surface area (Å²) in [6.07, 6.45) is 1.48. The number of anilines is 1. The number of aromatic nitrogens is 2. The fraction of sp³-hybridized carbons (Fsp3) is 0.150. The molecule has 0 bridgehead atoms. The molecule has 0 unspecified atom stereocenters. The number of thioether (sulfide) groups is 1. The Hall–Kier alpha value is -3.26. The number of amides is 1. The zero-order chi connectivity index (χ0) is 19.5. The van der Waals surface area contributed by atoms with Crippen LogP contribution in [0.4, 0.5) is 5.69 Å². The van der Waals surface area contributed by atoms with E-state index in [-0.39, 0.29) is 11.7 Å². The molecule has 2 aromatic carbocycles. The Morgan fingerprint density at radius 2 is 2.00 bits per heavy atom. The van der Waals surface area contributed by atoms with Crippen LogP contribution in [0.5, 0.6) is 11.5 Å². The smallest absolute Gasteiger partial charge is 0.234 e. The van der Waals surface area contributed by atoms with Crippen LogP contribution < -0.4 is 14.8 Å². The third-order valence-corrected chi connectivity index (χ3v) is 5.12. The van der Waals surface area contributed by atoms with Crippen LogP contribution in [-0.4, -0.2) is 35.8 Å². The molecule has 0 saturated carbocycles. The second-order valence-corrected chi connectivity index (χ2v) is 6.82. The van der Waals surface area contributed by atoms with Crippen LogP contribution in [0.2, 0.25) is 0 Å². The number of methoxy groups -OCH3 is 2. The van der Waals surface area contributed by atoms with Gasteiger partial charge in [-0.3, -0.25) is 4.79 Å². The lowest BCUT2D eigenvalue weighted by atomic mass is 10.2. The van der Waals surface area contributed by atoms with Crippen LogP contribution >= 0.6 is 11.8 Å². The topological polar surface area (TPSA) is 86.5 Å². The Morgan fingerprint density at radius 1 is 1.14 bits per heavy atom. The molecule has 2 aromatic heterocycles. The van der Waals surface area contributed by atoms with Gasteiger partial charge in [0.05, 0.1) is 25.7 Å². The molecule has 28 heavy (non-hydrogen) atoms. The molecule has 0 spiro atoms. The molecule has 0 aliphatic carbocycles. The van der Waals surface area contributed by atoms with Crippen molar-refractivity contribution in [2.24, 2.45) is 0 Å². The van der Waals surface area contributed by atoms with E-state index < -0.39 is 0 Å². The Bertz CT molecular complexity index is 1160. The molecule has 4 aromatic rings. The number of hydrogen-bond acceptors (Lipinski definition) is 7. The lowest BCUT2D eigenvalue weighted by molar-refractivity contribution is -0.113. The predicted molar refractivity (Wildman–Crippen MR) is 108 cm³/mol. The average molecular weight is 395 g/mol. The highest BCUT2D eigenvalue weighted by molar-refractivity contribution is 8.00. The van der Waals surface area contributed by atoms with Crippen LogP contribution in [0.3, 0.4) is 0 Å². The maximum atomic E-state index is 12.4. The van der Waals surface area contributed by atoms with Crippen molar-refractivity contribution in [3.63, 3.8) is 0 Å². The Balaban J connectivity index is 1.51. The third kappa shape index (κ3) is 3.46. The van der Waals surface area contributed by atoms with Crippen molar-refractivity contribution in [1.29, 1.82) is 0 Å². The predicted octanol–water partition coefficient (Wildman–Crippen LogP) is 4.12. The summed E-state index contributed by atoms with van der Waals surface area (Å²) in [4.78, 5) is 21.0. The van der Waals surface area contributed by atoms with E-state index in [2.05, 4.69) is 15.3 Å². The molecule has 1 amide bonds. The molecule has 2 heterocycles. The summed E-state index contributed by atoms with van der Waals surface area (Å²) in [5.41, 5.74) is 2.65. The van der Waals surface area contributed by atoms with Crippen molar-refractivity contribution >= 4 is 45.4 Å². The summed E-state index contributed by atoms with van der Waals surface area (Å²) >= 11 is 1.29. The van der Waals surface area contributed by atoms with E-state index in [1.54, 1.807) is 32.4 Å². The van der Waals surface area contributed by atoms with Gasteiger partial charge in [0.15, 0.2) is 5.58 Å². The number of carbonyl (C=O) groups is 1. The van der Waals surface area contributed by atoms with Crippen molar-refractivity contribution in [1.82, 2.24) is 9.97 Å². The van der Waals surface area contributed by atoms with E-state index in [0.717, 1.165) is 16.5 Å². The van der Waals surface area contributed by atoms with Gasteiger partial charge < -0.3 is 19.2 Å². The number of hydrogen-bond donors (Lipinski definition) is 1. The van der Waals surface area contributed by atoms with Crippen LogP contribution in [0, 0.1) is 0 Å². The van der Waals surface area contributed by atoms with Crippen molar-refractivity contribution in [2.45, 2.75) is 5.03 Å². The Labute approximate surface area is 165 Å². The van der Waals surface area contributed by atoms with E-state index in [0.29, 0.717) is 27.8 Å². The van der Waals surface area contributed by atoms with Crippen molar-refractivity contribution in [3.8, 4) is 11.5 Å². The van der Waals surface area contributed by atoms with Gasteiger partial charge >= 0.3 is 0 Å². The van der Waals surface area contributed by atoms with E-state index in [1.165, 1.54) is 18.1 Å². The average Bonchev–Trinajstić information content (AvgIpc) is 3.12. The largest absolute Gasteiger partial charge is 0.497 e. The number of para-hydroxylation sites is 1. The summed E-state index contributed by atoms with van der Waals surface area (Å²) in [5.74, 6) is 1.16. The number of nitrogens with zero attached hydrogens (tertiary/aromatic N) is 2. The first-order chi connectivity index (χ1) is 13.7. The second-order valence-electron chi connectivity index (χ2n) is 5.86. The summed E-state index contributed by atoms with van der Waals surface area (Å²) in [5, 5.41) is 4.39. The molecular weight excluding hydrogens is 378 g/mol. The van der Waals surface area contributed by atoms with Gasteiger partial charge in [-0.15, -0.1) is 0 Å². The SMILES string of the molecule is COc1ccc(NC(=O)CSc2ncnc3c2oc2ccccc23)c(OC)c1. The first-order valence-corrected chi connectivity index (χ1v) is 9.45. The van der Waals surface area contributed by atoms with Gasteiger partial charge in [0.1, 0.15) is 34.0 Å².